The number of carbonyl (C=O) groups is 1. The van der Waals surface area contributed by atoms with Crippen LogP contribution in [0.25, 0.3) is 0 Å². The highest BCUT2D eigenvalue weighted by molar-refractivity contribution is 8.01. The Bertz CT molecular complexity index is 412. The van der Waals surface area contributed by atoms with Crippen LogP contribution in [0.5, 0.6) is 0 Å². The molecule has 0 heterocycles. The van der Waals surface area contributed by atoms with Crippen molar-refractivity contribution in [2.24, 2.45) is 0 Å². The van der Waals surface area contributed by atoms with E-state index in [0.29, 0.717) is 10.8 Å². The lowest BCUT2D eigenvalue weighted by atomic mass is 10.2. The zero-order valence-electron chi connectivity index (χ0n) is 10.6. The molecule has 0 bridgehead atoms. The van der Waals surface area contributed by atoms with Crippen molar-refractivity contribution >= 4 is 35.0 Å². The summed E-state index contributed by atoms with van der Waals surface area (Å²) in [5.74, 6) is 0.458. The summed E-state index contributed by atoms with van der Waals surface area (Å²) in [5.41, 5.74) is 1.76. The fourth-order valence-corrected chi connectivity index (χ4v) is 1.97. The topological polar surface area (TPSA) is 29.1 Å². The van der Waals surface area contributed by atoms with E-state index >= 15 is 0 Å². The smallest absolute Gasteiger partial charge is 0.234 e. The Morgan fingerprint density at radius 1 is 1.41 bits per heavy atom. The van der Waals surface area contributed by atoms with Crippen molar-refractivity contribution in [3.05, 3.63) is 28.8 Å². The van der Waals surface area contributed by atoms with Crippen molar-refractivity contribution in [2.45, 2.75) is 32.4 Å². The molecule has 94 valence electrons. The Labute approximate surface area is 112 Å². The molecule has 1 N–H and O–H groups in total. The van der Waals surface area contributed by atoms with Gasteiger partial charge in [-0.3, -0.25) is 4.79 Å². The van der Waals surface area contributed by atoms with E-state index in [4.69, 9.17) is 11.6 Å². The zero-order chi connectivity index (χ0) is 13.1. The van der Waals surface area contributed by atoms with Crippen LogP contribution in [0.3, 0.4) is 0 Å². The SMILES string of the molecule is Cc1ccc(NC(=O)CSC(C)(C)C)cc1Cl. The monoisotopic (exact) mass is 271 g/mol. The van der Waals surface area contributed by atoms with Gasteiger partial charge in [-0.25, -0.2) is 0 Å². The first-order chi connectivity index (χ1) is 7.78. The summed E-state index contributed by atoms with van der Waals surface area (Å²) in [6.07, 6.45) is 0. The van der Waals surface area contributed by atoms with Crippen LogP contribution >= 0.6 is 23.4 Å². The van der Waals surface area contributed by atoms with E-state index in [0.717, 1.165) is 11.3 Å². The highest BCUT2D eigenvalue weighted by Crippen LogP contribution is 2.24. The summed E-state index contributed by atoms with van der Waals surface area (Å²) >= 11 is 7.61. The molecule has 0 radical (unpaired) electrons. The lowest BCUT2D eigenvalue weighted by molar-refractivity contribution is -0.113. The lowest BCUT2D eigenvalue weighted by Gasteiger charge is -2.17. The van der Waals surface area contributed by atoms with Gasteiger partial charge in [0.25, 0.3) is 0 Å². The summed E-state index contributed by atoms with van der Waals surface area (Å²) in [7, 11) is 0. The van der Waals surface area contributed by atoms with Gasteiger partial charge < -0.3 is 5.32 Å². The molecule has 0 atom stereocenters. The largest absolute Gasteiger partial charge is 0.325 e. The first-order valence-electron chi connectivity index (χ1n) is 5.48. The normalized spacial score (nSPS) is 11.4. The number of hydrogen-bond acceptors (Lipinski definition) is 2. The van der Waals surface area contributed by atoms with Crippen molar-refractivity contribution in [3.8, 4) is 0 Å². The van der Waals surface area contributed by atoms with Gasteiger partial charge >= 0.3 is 0 Å². The summed E-state index contributed by atoms with van der Waals surface area (Å²) in [5, 5.41) is 3.51. The highest BCUT2D eigenvalue weighted by atomic mass is 35.5. The second-order valence-corrected chi connectivity index (χ2v) is 7.12. The fraction of sp³-hybridized carbons (Fsp3) is 0.462. The van der Waals surface area contributed by atoms with Crippen molar-refractivity contribution in [2.75, 3.05) is 11.1 Å². The number of amides is 1. The molecule has 0 saturated heterocycles. The van der Waals surface area contributed by atoms with Gasteiger partial charge in [-0.05, 0) is 24.6 Å². The van der Waals surface area contributed by atoms with Gasteiger partial charge in [0, 0.05) is 15.5 Å². The van der Waals surface area contributed by atoms with Crippen LogP contribution in [0, 0.1) is 6.92 Å². The molecule has 2 nitrogen and oxygen atoms in total. The minimum Gasteiger partial charge on any atom is -0.325 e. The van der Waals surface area contributed by atoms with Crippen molar-refractivity contribution in [1.29, 1.82) is 0 Å². The summed E-state index contributed by atoms with van der Waals surface area (Å²) in [6.45, 7) is 8.21. The van der Waals surface area contributed by atoms with Crippen LogP contribution in [0.4, 0.5) is 5.69 Å². The minimum atomic E-state index is 0.00449. The van der Waals surface area contributed by atoms with Crippen LogP contribution in [0.2, 0.25) is 5.02 Å². The first-order valence-corrected chi connectivity index (χ1v) is 6.84. The van der Waals surface area contributed by atoms with Gasteiger partial charge in [-0.1, -0.05) is 38.4 Å². The maximum absolute atomic E-state index is 11.7. The predicted molar refractivity (Wildman–Crippen MR) is 77.0 cm³/mol. The summed E-state index contributed by atoms with van der Waals surface area (Å²) < 4.78 is 0.0995. The van der Waals surface area contributed by atoms with E-state index in [2.05, 4.69) is 26.1 Å². The first kappa shape index (κ1) is 14.4. The number of anilines is 1. The molecule has 1 aromatic rings. The lowest BCUT2D eigenvalue weighted by Crippen LogP contribution is -2.18. The molecular formula is C13H18ClNOS. The Balaban J connectivity index is 2.54. The highest BCUT2D eigenvalue weighted by Gasteiger charge is 2.13. The van der Waals surface area contributed by atoms with Crippen molar-refractivity contribution in [3.63, 3.8) is 0 Å². The van der Waals surface area contributed by atoms with Crippen LogP contribution in [0.1, 0.15) is 26.3 Å². The maximum Gasteiger partial charge on any atom is 0.234 e. The molecule has 0 unspecified atom stereocenters. The van der Waals surface area contributed by atoms with Gasteiger partial charge in [-0.2, -0.15) is 0 Å². The number of carbonyl (C=O) groups excluding carboxylic acids is 1. The molecule has 1 aromatic carbocycles. The second-order valence-electron chi connectivity index (χ2n) is 4.91. The third-order valence-electron chi connectivity index (χ3n) is 2.09. The quantitative estimate of drug-likeness (QED) is 0.896. The molecule has 17 heavy (non-hydrogen) atoms. The number of benzene rings is 1. The standard InChI is InChI=1S/C13H18ClNOS/c1-9-5-6-10(7-11(9)14)15-12(16)8-17-13(2,3)4/h5-7H,8H2,1-4H3,(H,15,16). The third-order valence-corrected chi connectivity index (χ3v) is 3.77. The van der Waals surface area contributed by atoms with Gasteiger partial charge in [0.05, 0.1) is 5.75 Å². The Morgan fingerprint density at radius 2 is 2.06 bits per heavy atom. The Kier molecular flexibility index (Phi) is 4.90. The van der Waals surface area contributed by atoms with E-state index in [-0.39, 0.29) is 10.7 Å². The zero-order valence-corrected chi connectivity index (χ0v) is 12.2. The predicted octanol–water partition coefficient (Wildman–Crippen LogP) is 4.12. The number of rotatable bonds is 3. The van der Waals surface area contributed by atoms with Crippen LogP contribution < -0.4 is 5.32 Å². The molecule has 0 fully saturated rings. The third kappa shape index (κ3) is 5.46. The molecule has 0 spiro atoms. The number of thioether (sulfide) groups is 1. The second kappa shape index (κ2) is 5.78. The molecule has 0 aliphatic heterocycles. The fourth-order valence-electron chi connectivity index (χ4n) is 1.15. The summed E-state index contributed by atoms with van der Waals surface area (Å²) in [6, 6.07) is 5.53. The van der Waals surface area contributed by atoms with Crippen LogP contribution in [-0.4, -0.2) is 16.4 Å². The number of halogens is 1. The molecule has 0 aliphatic carbocycles. The maximum atomic E-state index is 11.7. The van der Waals surface area contributed by atoms with E-state index < -0.39 is 0 Å². The number of hydrogen-bond donors (Lipinski definition) is 1. The van der Waals surface area contributed by atoms with E-state index in [1.807, 2.05) is 19.1 Å². The molecule has 0 aliphatic rings. The van der Waals surface area contributed by atoms with Crippen molar-refractivity contribution in [1.82, 2.24) is 0 Å². The Hall–Kier alpha value is -0.670. The average molecular weight is 272 g/mol. The molecule has 0 saturated carbocycles. The van der Waals surface area contributed by atoms with Crippen molar-refractivity contribution < 1.29 is 4.79 Å². The van der Waals surface area contributed by atoms with E-state index in [1.165, 1.54) is 0 Å². The van der Waals surface area contributed by atoms with E-state index in [9.17, 15) is 4.79 Å². The molecule has 1 rings (SSSR count). The molecule has 1 amide bonds. The molecule has 0 aromatic heterocycles. The van der Waals surface area contributed by atoms with Crippen LogP contribution in [-0.2, 0) is 4.79 Å². The van der Waals surface area contributed by atoms with Gasteiger partial charge in [-0.15, -0.1) is 11.8 Å². The molecular weight excluding hydrogens is 254 g/mol. The van der Waals surface area contributed by atoms with Crippen LogP contribution in [0.15, 0.2) is 18.2 Å². The number of nitrogens with one attached hydrogen (secondary N) is 1. The Morgan fingerprint density at radius 3 is 2.59 bits per heavy atom. The average Bonchev–Trinajstić information content (AvgIpc) is 2.20. The van der Waals surface area contributed by atoms with Gasteiger partial charge in [0.1, 0.15) is 0 Å². The van der Waals surface area contributed by atoms with E-state index in [1.54, 1.807) is 17.8 Å². The van der Waals surface area contributed by atoms with Gasteiger partial charge in [0.2, 0.25) is 5.91 Å². The van der Waals surface area contributed by atoms with Gasteiger partial charge in [0.15, 0.2) is 0 Å². The number of aryl methyl sites for hydroxylation is 1. The minimum absolute atomic E-state index is 0.00449. The molecule has 4 heteroatoms. The summed E-state index contributed by atoms with van der Waals surface area (Å²) in [4.78, 5) is 11.7.